The molecule has 0 radical (unpaired) electrons. The third kappa shape index (κ3) is 4.47. The molecule has 178 valence electrons. The first-order chi connectivity index (χ1) is 15.6. The minimum Gasteiger partial charge on any atom is -0.496 e. The zero-order valence-corrected chi connectivity index (χ0v) is 20.2. The number of hydrogen-bond acceptors (Lipinski definition) is 8. The molecule has 33 heavy (non-hydrogen) atoms. The minimum atomic E-state index is -0.770. The zero-order valence-electron chi connectivity index (χ0n) is 20.2. The molecule has 0 unspecified atom stereocenters. The van der Waals surface area contributed by atoms with Crippen molar-refractivity contribution in [2.75, 3.05) is 27.9 Å². The van der Waals surface area contributed by atoms with Crippen molar-refractivity contribution in [2.24, 2.45) is 5.41 Å². The Morgan fingerprint density at radius 3 is 2.30 bits per heavy atom. The van der Waals surface area contributed by atoms with Gasteiger partial charge in [-0.3, -0.25) is 4.79 Å². The van der Waals surface area contributed by atoms with Crippen LogP contribution in [0.1, 0.15) is 62.4 Å². The van der Waals surface area contributed by atoms with Crippen molar-refractivity contribution in [1.29, 1.82) is 0 Å². The van der Waals surface area contributed by atoms with Gasteiger partial charge in [-0.2, -0.15) is 0 Å². The zero-order chi connectivity index (χ0) is 24.5. The van der Waals surface area contributed by atoms with Gasteiger partial charge in [-0.15, -0.1) is 0 Å². The van der Waals surface area contributed by atoms with Gasteiger partial charge in [0.05, 0.1) is 39.4 Å². The highest BCUT2D eigenvalue weighted by Gasteiger charge is 2.44. The average Bonchev–Trinajstić information content (AvgIpc) is 2.75. The molecule has 1 N–H and O–H groups in total. The van der Waals surface area contributed by atoms with E-state index in [1.54, 1.807) is 26.0 Å². The Morgan fingerprint density at radius 1 is 1.06 bits per heavy atom. The van der Waals surface area contributed by atoms with Crippen molar-refractivity contribution >= 4 is 17.7 Å². The number of ketones is 1. The Kier molecular flexibility index (Phi) is 6.86. The van der Waals surface area contributed by atoms with Gasteiger partial charge in [-0.1, -0.05) is 13.8 Å². The Labute approximate surface area is 193 Å². The molecule has 0 saturated heterocycles. The van der Waals surface area contributed by atoms with Gasteiger partial charge in [0.15, 0.2) is 5.78 Å². The van der Waals surface area contributed by atoms with Crippen LogP contribution < -0.4 is 14.8 Å². The molecule has 1 aliphatic carbocycles. The molecule has 0 spiro atoms. The lowest BCUT2D eigenvalue weighted by Crippen LogP contribution is -2.38. The van der Waals surface area contributed by atoms with Crippen LogP contribution in [0.25, 0.3) is 0 Å². The predicted octanol–water partition coefficient (Wildman–Crippen LogP) is 3.66. The lowest BCUT2D eigenvalue weighted by molar-refractivity contribution is -0.138. The van der Waals surface area contributed by atoms with E-state index in [0.29, 0.717) is 41.0 Å². The fraction of sp³-hybridized carbons (Fsp3) is 0.480. The molecule has 8 heteroatoms. The lowest BCUT2D eigenvalue weighted by Gasteiger charge is -2.39. The van der Waals surface area contributed by atoms with Gasteiger partial charge in [-0.25, -0.2) is 9.59 Å². The maximum absolute atomic E-state index is 13.4. The topological polar surface area (TPSA) is 100 Å². The fourth-order valence-electron chi connectivity index (χ4n) is 4.65. The average molecular weight is 458 g/mol. The Balaban J connectivity index is 2.34. The van der Waals surface area contributed by atoms with Crippen molar-refractivity contribution in [2.45, 2.75) is 46.5 Å². The summed E-state index contributed by atoms with van der Waals surface area (Å²) >= 11 is 0. The molecule has 2 aliphatic rings. The standard InChI is InChI=1S/C25H31NO7/c1-8-33-24(29)20-13(2)26-16-11-25(3,4)12-17(27)22(16)21(20)14-9-15(23(28)32-7)19(31-6)10-18(14)30-5/h9-10,21,26H,8,11-12H2,1-7H3/t21-/m1/s1. The van der Waals surface area contributed by atoms with Crippen LogP contribution >= 0.6 is 0 Å². The summed E-state index contributed by atoms with van der Waals surface area (Å²) in [7, 11) is 4.20. The number of benzene rings is 1. The molecule has 1 heterocycles. The molecule has 3 rings (SSSR count). The van der Waals surface area contributed by atoms with Crippen molar-refractivity contribution in [1.82, 2.24) is 5.32 Å². The van der Waals surface area contributed by atoms with Crippen LogP contribution in [0.4, 0.5) is 0 Å². The van der Waals surface area contributed by atoms with Crippen LogP contribution in [0.2, 0.25) is 0 Å². The van der Waals surface area contributed by atoms with Gasteiger partial charge >= 0.3 is 11.9 Å². The van der Waals surface area contributed by atoms with Crippen LogP contribution in [0.5, 0.6) is 11.5 Å². The van der Waals surface area contributed by atoms with Gasteiger partial charge < -0.3 is 24.3 Å². The molecule has 0 bridgehead atoms. The van der Waals surface area contributed by atoms with Crippen molar-refractivity contribution in [3.8, 4) is 11.5 Å². The van der Waals surface area contributed by atoms with E-state index in [0.717, 1.165) is 5.70 Å². The number of carbonyl (C=O) groups is 3. The molecule has 1 atom stereocenters. The van der Waals surface area contributed by atoms with Gasteiger partial charge in [-0.05, 0) is 31.7 Å². The molecule has 0 saturated carbocycles. The van der Waals surface area contributed by atoms with E-state index in [9.17, 15) is 14.4 Å². The Hall–Kier alpha value is -3.29. The van der Waals surface area contributed by atoms with Gasteiger partial charge in [0, 0.05) is 35.0 Å². The summed E-state index contributed by atoms with van der Waals surface area (Å²) < 4.78 is 21.3. The van der Waals surface area contributed by atoms with E-state index >= 15 is 0 Å². The molecule has 1 aliphatic heterocycles. The molecular weight excluding hydrogens is 426 g/mol. The number of nitrogens with one attached hydrogen (secondary N) is 1. The maximum atomic E-state index is 13.4. The summed E-state index contributed by atoms with van der Waals surface area (Å²) in [5.41, 5.74) is 2.59. The van der Waals surface area contributed by atoms with Crippen LogP contribution in [-0.2, 0) is 19.1 Å². The second-order valence-electron chi connectivity index (χ2n) is 8.94. The molecule has 1 aromatic rings. The quantitative estimate of drug-likeness (QED) is 0.646. The van der Waals surface area contributed by atoms with E-state index in [1.165, 1.54) is 21.3 Å². The smallest absolute Gasteiger partial charge is 0.341 e. The lowest BCUT2D eigenvalue weighted by atomic mass is 9.68. The first kappa shape index (κ1) is 24.4. The number of ether oxygens (including phenoxy) is 4. The predicted molar refractivity (Wildman–Crippen MR) is 121 cm³/mol. The van der Waals surface area contributed by atoms with Crippen LogP contribution in [0.15, 0.2) is 34.7 Å². The monoisotopic (exact) mass is 457 g/mol. The number of allylic oxidation sites excluding steroid dienone is 3. The Bertz CT molecular complexity index is 1060. The number of rotatable bonds is 6. The van der Waals surface area contributed by atoms with E-state index in [-0.39, 0.29) is 29.1 Å². The molecule has 0 amide bonds. The first-order valence-corrected chi connectivity index (χ1v) is 10.8. The van der Waals surface area contributed by atoms with Gasteiger partial charge in [0.1, 0.15) is 17.1 Å². The number of methoxy groups -OCH3 is 3. The van der Waals surface area contributed by atoms with E-state index < -0.39 is 17.9 Å². The van der Waals surface area contributed by atoms with E-state index in [1.807, 2.05) is 13.8 Å². The largest absolute Gasteiger partial charge is 0.496 e. The number of carbonyl (C=O) groups excluding carboxylic acids is 3. The van der Waals surface area contributed by atoms with Crippen molar-refractivity contribution < 1.29 is 33.3 Å². The second-order valence-corrected chi connectivity index (χ2v) is 8.94. The summed E-state index contributed by atoms with van der Waals surface area (Å²) in [4.78, 5) is 39.0. The fourth-order valence-corrected chi connectivity index (χ4v) is 4.65. The van der Waals surface area contributed by atoms with Crippen LogP contribution in [0, 0.1) is 5.41 Å². The number of hydrogen-bond donors (Lipinski definition) is 1. The number of dihydropyridines is 1. The third-order valence-corrected chi connectivity index (χ3v) is 6.00. The molecular formula is C25H31NO7. The van der Waals surface area contributed by atoms with E-state index in [4.69, 9.17) is 18.9 Å². The van der Waals surface area contributed by atoms with Gasteiger partial charge in [0.2, 0.25) is 0 Å². The van der Waals surface area contributed by atoms with Crippen LogP contribution in [-0.4, -0.2) is 45.7 Å². The highest BCUT2D eigenvalue weighted by Crippen LogP contribution is 2.49. The SMILES string of the molecule is CCOC(=O)C1=C(C)NC2=C(C(=O)CC(C)(C)C2)[C@@H]1c1cc(C(=O)OC)c(OC)cc1OC. The van der Waals surface area contributed by atoms with E-state index in [2.05, 4.69) is 5.32 Å². The number of Topliss-reactive ketones (excluding diaryl/α,β-unsaturated/α-hetero) is 1. The summed E-state index contributed by atoms with van der Waals surface area (Å²) in [6, 6.07) is 3.14. The molecule has 0 fully saturated rings. The van der Waals surface area contributed by atoms with Crippen LogP contribution in [0.3, 0.4) is 0 Å². The second kappa shape index (κ2) is 9.29. The summed E-state index contributed by atoms with van der Waals surface area (Å²) in [5, 5.41) is 3.28. The van der Waals surface area contributed by atoms with Crippen molar-refractivity contribution in [3.63, 3.8) is 0 Å². The van der Waals surface area contributed by atoms with Gasteiger partial charge in [0.25, 0.3) is 0 Å². The summed E-state index contributed by atoms with van der Waals surface area (Å²) in [6.45, 7) is 7.76. The summed E-state index contributed by atoms with van der Waals surface area (Å²) in [5.74, 6) is -1.33. The highest BCUT2D eigenvalue weighted by atomic mass is 16.5. The maximum Gasteiger partial charge on any atom is 0.341 e. The third-order valence-electron chi connectivity index (χ3n) is 6.00. The molecule has 0 aromatic heterocycles. The normalized spacial score (nSPS) is 19.5. The van der Waals surface area contributed by atoms with Crippen molar-refractivity contribution in [3.05, 3.63) is 45.8 Å². The number of esters is 2. The summed E-state index contributed by atoms with van der Waals surface area (Å²) in [6.07, 6.45) is 0.974. The minimum absolute atomic E-state index is 0.0643. The highest BCUT2D eigenvalue weighted by molar-refractivity contribution is 6.04. The Morgan fingerprint density at radius 2 is 1.73 bits per heavy atom. The molecule has 8 nitrogen and oxygen atoms in total. The molecule has 1 aromatic carbocycles. The first-order valence-electron chi connectivity index (χ1n) is 10.8.